The molecule has 8 heavy (non-hydrogen) atoms. The summed E-state index contributed by atoms with van der Waals surface area (Å²) in [4.78, 5) is 13.2. The van der Waals surface area contributed by atoms with Gasteiger partial charge in [-0.1, -0.05) is 0 Å². The van der Waals surface area contributed by atoms with Crippen molar-refractivity contribution in [1.82, 2.24) is 0 Å². The minimum atomic E-state index is 0.326. The Hall–Kier alpha value is -0.750. The fourth-order valence-corrected chi connectivity index (χ4v) is 0.248. The molecule has 2 nitrogen and oxygen atoms in total. The van der Waals surface area contributed by atoms with Crippen molar-refractivity contribution in [3.8, 4) is 0 Å². The predicted octanol–water partition coefficient (Wildman–Crippen LogP) is 0.867. The first-order valence-corrected chi connectivity index (χ1v) is 2.46. The van der Waals surface area contributed by atoms with Crippen molar-refractivity contribution in [2.75, 3.05) is 6.54 Å². The summed E-state index contributed by atoms with van der Waals surface area (Å²) in [5.74, 6) is 1.69. The fraction of sp³-hybridized carbons (Fsp3) is 0.400. The molecule has 0 aliphatic heterocycles. The zero-order chi connectivity index (χ0) is 6.41. The molecule has 0 heterocycles. The van der Waals surface area contributed by atoms with Crippen LogP contribution >= 0.6 is 12.2 Å². The third kappa shape index (κ3) is 3.44. The molecule has 0 aromatic rings. The maximum absolute atomic E-state index is 9.73. The maximum Gasteiger partial charge on any atom is 0.125 e. The Balaban J connectivity index is 3.73. The number of thiocarbonyl (C=S) groups is 1. The lowest BCUT2D eigenvalue weighted by Crippen LogP contribution is -1.80. The maximum atomic E-state index is 9.73. The Bertz CT molecular complexity index is 163. The standard InChI is InChI=1S/C5H5NOS/c1-5(3-7)2-6-4-8/h2H2,1H3. The molecule has 0 rings (SSSR count). The van der Waals surface area contributed by atoms with Crippen LogP contribution in [0.25, 0.3) is 0 Å². The van der Waals surface area contributed by atoms with Crippen LogP contribution in [0.5, 0.6) is 0 Å². The molecule has 0 aromatic carbocycles. The number of isothiocyanates is 1. The van der Waals surface area contributed by atoms with Crippen LogP contribution in [0.1, 0.15) is 6.92 Å². The van der Waals surface area contributed by atoms with E-state index in [0.29, 0.717) is 12.1 Å². The van der Waals surface area contributed by atoms with E-state index in [1.807, 2.05) is 0 Å². The first-order valence-electron chi connectivity index (χ1n) is 2.05. The van der Waals surface area contributed by atoms with E-state index in [1.54, 1.807) is 12.9 Å². The third-order valence-corrected chi connectivity index (χ3v) is 0.684. The second-order valence-electron chi connectivity index (χ2n) is 1.29. The zero-order valence-corrected chi connectivity index (χ0v) is 5.29. The predicted molar refractivity (Wildman–Crippen MR) is 34.8 cm³/mol. The van der Waals surface area contributed by atoms with E-state index in [-0.39, 0.29) is 0 Å². The Morgan fingerprint density at radius 1 is 1.88 bits per heavy atom. The summed E-state index contributed by atoms with van der Waals surface area (Å²) in [6, 6.07) is 0. The van der Waals surface area contributed by atoms with Crippen LogP contribution in [0.2, 0.25) is 0 Å². The van der Waals surface area contributed by atoms with Gasteiger partial charge in [0.05, 0.1) is 11.7 Å². The first kappa shape index (κ1) is 7.25. The number of hydrogen-bond donors (Lipinski definition) is 0. The van der Waals surface area contributed by atoms with Crippen molar-refractivity contribution in [3.63, 3.8) is 0 Å². The molecule has 42 valence electrons. The lowest BCUT2D eigenvalue weighted by molar-refractivity contribution is 0.566. The highest BCUT2D eigenvalue weighted by atomic mass is 32.1. The number of nitrogens with zero attached hydrogens (tertiary/aromatic N) is 1. The van der Waals surface area contributed by atoms with E-state index >= 15 is 0 Å². The van der Waals surface area contributed by atoms with Crippen LogP contribution < -0.4 is 0 Å². The van der Waals surface area contributed by atoms with Gasteiger partial charge in [-0.2, -0.15) is 0 Å². The highest BCUT2D eigenvalue weighted by Crippen LogP contribution is 1.82. The molecule has 0 radical (unpaired) electrons. The molecule has 0 unspecified atom stereocenters. The van der Waals surface area contributed by atoms with E-state index < -0.39 is 0 Å². The molecular weight excluding hydrogens is 122 g/mol. The fourth-order valence-electron chi connectivity index (χ4n) is 0.183. The average molecular weight is 127 g/mol. The van der Waals surface area contributed by atoms with Crippen molar-refractivity contribution in [2.24, 2.45) is 4.99 Å². The SMILES string of the molecule is CC(=C=O)CN=C=S. The van der Waals surface area contributed by atoms with E-state index in [0.717, 1.165) is 0 Å². The Labute approximate surface area is 52.9 Å². The average Bonchev–Trinajstić information content (AvgIpc) is 1.83. The third-order valence-electron chi connectivity index (χ3n) is 0.555. The molecule has 0 saturated heterocycles. The molecule has 0 fully saturated rings. The van der Waals surface area contributed by atoms with Crippen LogP contribution in [0.4, 0.5) is 0 Å². The van der Waals surface area contributed by atoms with Gasteiger partial charge in [0.2, 0.25) is 0 Å². The topological polar surface area (TPSA) is 29.4 Å². The number of aliphatic imine (C=N–C) groups is 1. The monoisotopic (exact) mass is 127 g/mol. The smallest absolute Gasteiger partial charge is 0.125 e. The second-order valence-corrected chi connectivity index (χ2v) is 1.47. The van der Waals surface area contributed by atoms with Crippen LogP contribution in [0, 0.1) is 0 Å². The molecule has 0 amide bonds. The molecular formula is C5H5NOS. The highest BCUT2D eigenvalue weighted by Gasteiger charge is 1.81. The largest absolute Gasteiger partial charge is 0.233 e. The van der Waals surface area contributed by atoms with Crippen molar-refractivity contribution < 1.29 is 4.79 Å². The summed E-state index contributed by atoms with van der Waals surface area (Å²) < 4.78 is 0. The molecule has 0 spiro atoms. The van der Waals surface area contributed by atoms with E-state index in [2.05, 4.69) is 22.4 Å². The van der Waals surface area contributed by atoms with E-state index in [4.69, 9.17) is 0 Å². The van der Waals surface area contributed by atoms with Crippen LogP contribution in [-0.4, -0.2) is 17.6 Å². The van der Waals surface area contributed by atoms with Crippen LogP contribution in [0.3, 0.4) is 0 Å². The lowest BCUT2D eigenvalue weighted by atomic mass is 10.4. The van der Waals surface area contributed by atoms with Gasteiger partial charge in [-0.15, -0.1) is 0 Å². The van der Waals surface area contributed by atoms with Crippen molar-refractivity contribution >= 4 is 23.3 Å². The molecule has 3 heteroatoms. The second kappa shape index (κ2) is 4.41. The van der Waals surface area contributed by atoms with Crippen molar-refractivity contribution in [1.29, 1.82) is 0 Å². The Kier molecular flexibility index (Phi) is 4.00. The molecule has 0 saturated carbocycles. The lowest BCUT2D eigenvalue weighted by Gasteiger charge is -1.79. The summed E-state index contributed by atoms with van der Waals surface area (Å²) in [6.45, 7) is 1.97. The van der Waals surface area contributed by atoms with Gasteiger partial charge in [0.1, 0.15) is 5.94 Å². The summed E-state index contributed by atoms with van der Waals surface area (Å²) in [5.41, 5.74) is 0.544. The zero-order valence-electron chi connectivity index (χ0n) is 4.47. The van der Waals surface area contributed by atoms with Gasteiger partial charge in [-0.05, 0) is 19.1 Å². The molecule has 0 bridgehead atoms. The number of carbonyl (C=O) groups excluding carboxylic acids is 1. The summed E-state index contributed by atoms with van der Waals surface area (Å²) in [6.07, 6.45) is 0. The van der Waals surface area contributed by atoms with Gasteiger partial charge in [-0.25, -0.2) is 9.79 Å². The van der Waals surface area contributed by atoms with E-state index in [9.17, 15) is 4.79 Å². The summed E-state index contributed by atoms with van der Waals surface area (Å²) in [7, 11) is 0. The van der Waals surface area contributed by atoms with Crippen molar-refractivity contribution in [3.05, 3.63) is 5.57 Å². The Morgan fingerprint density at radius 3 is 2.88 bits per heavy atom. The first-order chi connectivity index (χ1) is 3.81. The van der Waals surface area contributed by atoms with Gasteiger partial charge in [0.25, 0.3) is 0 Å². The number of hydrogen-bond acceptors (Lipinski definition) is 3. The van der Waals surface area contributed by atoms with Gasteiger partial charge in [0, 0.05) is 5.57 Å². The molecule has 0 aliphatic rings. The summed E-state index contributed by atoms with van der Waals surface area (Å²) >= 11 is 4.26. The van der Waals surface area contributed by atoms with E-state index in [1.165, 1.54) is 0 Å². The quantitative estimate of drug-likeness (QED) is 0.313. The molecule has 0 atom stereocenters. The van der Waals surface area contributed by atoms with Gasteiger partial charge in [0.15, 0.2) is 0 Å². The van der Waals surface area contributed by atoms with Crippen LogP contribution in [-0.2, 0) is 4.79 Å². The molecule has 0 N–H and O–H groups in total. The van der Waals surface area contributed by atoms with Crippen LogP contribution in [0.15, 0.2) is 10.6 Å². The molecule has 0 aliphatic carbocycles. The van der Waals surface area contributed by atoms with Gasteiger partial charge >= 0.3 is 0 Å². The minimum absolute atomic E-state index is 0.326. The Morgan fingerprint density at radius 2 is 2.50 bits per heavy atom. The van der Waals surface area contributed by atoms with Gasteiger partial charge < -0.3 is 0 Å². The molecule has 0 aromatic heterocycles. The summed E-state index contributed by atoms with van der Waals surface area (Å²) in [5, 5.41) is 2.14. The highest BCUT2D eigenvalue weighted by molar-refractivity contribution is 7.78. The minimum Gasteiger partial charge on any atom is -0.233 e. The normalized spacial score (nSPS) is 6.62. The number of rotatable bonds is 2. The van der Waals surface area contributed by atoms with Gasteiger partial charge in [-0.3, -0.25) is 0 Å². The van der Waals surface area contributed by atoms with Crippen molar-refractivity contribution in [2.45, 2.75) is 6.92 Å².